The van der Waals surface area contributed by atoms with Gasteiger partial charge < -0.3 is 15.3 Å². The lowest BCUT2D eigenvalue weighted by Gasteiger charge is -2.39. The van der Waals surface area contributed by atoms with E-state index >= 15 is 0 Å². The van der Waals surface area contributed by atoms with Gasteiger partial charge in [-0.1, -0.05) is 48.9 Å². The number of halogens is 2. The molecule has 2 aliphatic rings. The molecule has 1 aromatic heterocycles. The van der Waals surface area contributed by atoms with Crippen molar-refractivity contribution in [3.63, 3.8) is 0 Å². The average Bonchev–Trinajstić information content (AvgIpc) is 2.93. The fourth-order valence-corrected chi connectivity index (χ4v) is 4.81. The van der Waals surface area contributed by atoms with Crippen molar-refractivity contribution in [2.75, 3.05) is 0 Å². The Bertz CT molecular complexity index is 1360. The van der Waals surface area contributed by atoms with Crippen LogP contribution in [-0.4, -0.2) is 45.0 Å². The van der Waals surface area contributed by atoms with Gasteiger partial charge in [0.1, 0.15) is 6.17 Å². The SMILES string of the molecule is CCC1=CCC(C2=CC(=O)N(Cc3cccc(C(=N)/N=C/c4cccnc4O)c3)C(CCCC(C)(F)F)N2)C=C1. The Morgan fingerprint density at radius 1 is 1.32 bits per heavy atom. The van der Waals surface area contributed by atoms with E-state index in [1.807, 2.05) is 6.07 Å². The summed E-state index contributed by atoms with van der Waals surface area (Å²) in [6.45, 7) is 3.26. The number of amides is 1. The number of alkyl halides is 2. The average molecular weight is 548 g/mol. The molecule has 2 heterocycles. The molecular weight excluding hydrogens is 512 g/mol. The Morgan fingerprint density at radius 3 is 2.85 bits per heavy atom. The minimum absolute atomic E-state index is 0.0132. The molecule has 0 spiro atoms. The summed E-state index contributed by atoms with van der Waals surface area (Å²) in [6.07, 6.45) is 12.5. The predicted octanol–water partition coefficient (Wildman–Crippen LogP) is 6.11. The van der Waals surface area contributed by atoms with Gasteiger partial charge >= 0.3 is 0 Å². The monoisotopic (exact) mass is 547 g/mol. The highest BCUT2D eigenvalue weighted by molar-refractivity contribution is 6.03. The first-order valence-corrected chi connectivity index (χ1v) is 13.5. The molecule has 0 saturated carbocycles. The number of benzene rings is 1. The van der Waals surface area contributed by atoms with Gasteiger partial charge in [0.15, 0.2) is 5.84 Å². The van der Waals surface area contributed by atoms with E-state index in [-0.39, 0.29) is 42.9 Å². The van der Waals surface area contributed by atoms with E-state index in [9.17, 15) is 18.7 Å². The summed E-state index contributed by atoms with van der Waals surface area (Å²) in [5.74, 6) is -3.09. The second-order valence-corrected chi connectivity index (χ2v) is 10.2. The minimum atomic E-state index is -2.77. The number of aromatic hydroxyl groups is 1. The first kappa shape index (κ1) is 28.9. The summed E-state index contributed by atoms with van der Waals surface area (Å²) in [5.41, 5.74) is 3.78. The van der Waals surface area contributed by atoms with Crippen LogP contribution in [0, 0.1) is 11.3 Å². The van der Waals surface area contributed by atoms with Crippen molar-refractivity contribution in [3.8, 4) is 5.88 Å². The van der Waals surface area contributed by atoms with Crippen LogP contribution in [-0.2, 0) is 11.3 Å². The molecule has 2 atom stereocenters. The number of carbonyl (C=O) groups is 1. The molecule has 1 aliphatic heterocycles. The molecule has 4 rings (SSSR count). The Balaban J connectivity index is 1.51. The van der Waals surface area contributed by atoms with Gasteiger partial charge in [-0.3, -0.25) is 10.2 Å². The molecule has 0 fully saturated rings. The van der Waals surface area contributed by atoms with Gasteiger partial charge in [-0.2, -0.15) is 0 Å². The lowest BCUT2D eigenvalue weighted by molar-refractivity contribution is -0.131. The third-order valence-electron chi connectivity index (χ3n) is 7.05. The van der Waals surface area contributed by atoms with E-state index in [1.165, 1.54) is 18.0 Å². The lowest BCUT2D eigenvalue weighted by atomic mass is 9.91. The summed E-state index contributed by atoms with van der Waals surface area (Å²) < 4.78 is 27.1. The van der Waals surface area contributed by atoms with Crippen LogP contribution in [0.5, 0.6) is 5.88 Å². The van der Waals surface area contributed by atoms with E-state index < -0.39 is 12.1 Å². The van der Waals surface area contributed by atoms with Gasteiger partial charge in [-0.05, 0) is 56.4 Å². The van der Waals surface area contributed by atoms with Crippen LogP contribution in [0.2, 0.25) is 0 Å². The number of nitrogens with one attached hydrogen (secondary N) is 2. The van der Waals surface area contributed by atoms with Gasteiger partial charge in [0.25, 0.3) is 0 Å². The summed E-state index contributed by atoms with van der Waals surface area (Å²) in [4.78, 5) is 23.0. The van der Waals surface area contributed by atoms with Crippen molar-refractivity contribution in [2.24, 2.45) is 10.9 Å². The minimum Gasteiger partial charge on any atom is -0.493 e. The molecule has 2 unspecified atom stereocenters. The lowest BCUT2D eigenvalue weighted by Crippen LogP contribution is -2.52. The van der Waals surface area contributed by atoms with Crippen LogP contribution in [0.4, 0.5) is 8.78 Å². The fourth-order valence-electron chi connectivity index (χ4n) is 4.81. The maximum absolute atomic E-state index is 13.6. The second-order valence-electron chi connectivity index (χ2n) is 10.2. The van der Waals surface area contributed by atoms with Crippen LogP contribution in [0.1, 0.15) is 62.6 Å². The number of carbonyl (C=O) groups excluding carboxylic acids is 1. The molecular formula is C31H35F2N5O2. The summed E-state index contributed by atoms with van der Waals surface area (Å²) in [7, 11) is 0. The zero-order valence-corrected chi connectivity index (χ0v) is 22.8. The first-order valence-electron chi connectivity index (χ1n) is 13.5. The number of pyridine rings is 1. The number of allylic oxidation sites excluding steroid dienone is 4. The Morgan fingerprint density at radius 2 is 2.15 bits per heavy atom. The maximum atomic E-state index is 13.6. The summed E-state index contributed by atoms with van der Waals surface area (Å²) in [5, 5.41) is 21.7. The van der Waals surface area contributed by atoms with Crippen LogP contribution in [0.15, 0.2) is 83.2 Å². The molecule has 0 bridgehead atoms. The molecule has 2 aromatic rings. The third-order valence-corrected chi connectivity index (χ3v) is 7.05. The van der Waals surface area contributed by atoms with E-state index in [0.717, 1.165) is 31.0 Å². The van der Waals surface area contributed by atoms with Crippen molar-refractivity contribution < 1.29 is 18.7 Å². The Labute approximate surface area is 233 Å². The van der Waals surface area contributed by atoms with Crippen LogP contribution >= 0.6 is 0 Å². The largest absolute Gasteiger partial charge is 0.493 e. The van der Waals surface area contributed by atoms with E-state index in [0.29, 0.717) is 17.5 Å². The molecule has 3 N–H and O–H groups in total. The molecule has 1 aromatic carbocycles. The van der Waals surface area contributed by atoms with E-state index in [2.05, 4.69) is 40.4 Å². The number of amidine groups is 1. The van der Waals surface area contributed by atoms with Crippen molar-refractivity contribution in [3.05, 3.63) is 94.9 Å². The van der Waals surface area contributed by atoms with Gasteiger partial charge in [0.05, 0.1) is 5.56 Å². The van der Waals surface area contributed by atoms with E-state index in [1.54, 1.807) is 41.3 Å². The molecule has 1 aliphatic carbocycles. The molecule has 9 heteroatoms. The zero-order chi connectivity index (χ0) is 28.7. The highest BCUT2D eigenvalue weighted by Crippen LogP contribution is 2.29. The number of hydrogen-bond donors (Lipinski definition) is 3. The van der Waals surface area contributed by atoms with Crippen LogP contribution in [0.25, 0.3) is 0 Å². The van der Waals surface area contributed by atoms with Crippen molar-refractivity contribution in [1.29, 1.82) is 5.41 Å². The Hall–Kier alpha value is -4.14. The normalized spacial score (nSPS) is 19.4. The van der Waals surface area contributed by atoms with Gasteiger partial charge in [0, 0.05) is 48.6 Å². The topological polar surface area (TPSA) is 102 Å². The Kier molecular flexibility index (Phi) is 9.24. The predicted molar refractivity (Wildman–Crippen MR) is 152 cm³/mol. The van der Waals surface area contributed by atoms with Crippen LogP contribution in [0.3, 0.4) is 0 Å². The standard InChI is InChI=1S/C31H35F2N5O2/c1-3-21-11-13-23(14-12-21)26-18-28(39)38(27(37-26)10-5-15-31(2,32)33)20-22-7-4-8-24(17-22)29(34)36-19-25-9-6-16-35-30(25)40/h4,6-9,11-13,16-19,23,27,34,37H,3,5,10,14-15,20H2,1-2H3,(H,35,40)/b34-29?,36-19+. The zero-order valence-electron chi connectivity index (χ0n) is 22.8. The number of hydrogen-bond acceptors (Lipinski definition) is 5. The third kappa shape index (κ3) is 7.71. The van der Waals surface area contributed by atoms with Gasteiger partial charge in [-0.15, -0.1) is 0 Å². The maximum Gasteiger partial charge on any atom is 0.250 e. The summed E-state index contributed by atoms with van der Waals surface area (Å²) in [6, 6.07) is 10.5. The molecule has 0 saturated heterocycles. The molecule has 210 valence electrons. The smallest absolute Gasteiger partial charge is 0.250 e. The van der Waals surface area contributed by atoms with E-state index in [4.69, 9.17) is 5.41 Å². The van der Waals surface area contributed by atoms with Crippen LogP contribution < -0.4 is 5.32 Å². The van der Waals surface area contributed by atoms with Gasteiger partial charge in [0.2, 0.25) is 17.7 Å². The fraction of sp³-hybridized carbons (Fsp3) is 0.355. The van der Waals surface area contributed by atoms with Crippen molar-refractivity contribution in [2.45, 2.75) is 64.6 Å². The molecule has 40 heavy (non-hydrogen) atoms. The quantitative estimate of drug-likeness (QED) is 0.247. The number of aliphatic imine (C=N–C) groups is 1. The number of rotatable bonds is 10. The molecule has 0 radical (unpaired) electrons. The molecule has 7 nitrogen and oxygen atoms in total. The highest BCUT2D eigenvalue weighted by Gasteiger charge is 2.31. The summed E-state index contributed by atoms with van der Waals surface area (Å²) >= 11 is 0. The first-order chi connectivity index (χ1) is 19.1. The second kappa shape index (κ2) is 12.8. The highest BCUT2D eigenvalue weighted by atomic mass is 19.3. The van der Waals surface area contributed by atoms with Crippen molar-refractivity contribution >= 4 is 18.0 Å². The number of nitrogens with zero attached hydrogens (tertiary/aromatic N) is 3. The van der Waals surface area contributed by atoms with Crippen molar-refractivity contribution in [1.82, 2.24) is 15.2 Å². The van der Waals surface area contributed by atoms with Gasteiger partial charge in [-0.25, -0.2) is 18.8 Å². The molecule has 1 amide bonds. The number of aromatic nitrogens is 1.